The van der Waals surface area contributed by atoms with Crippen molar-refractivity contribution < 1.29 is 0 Å². The maximum atomic E-state index is 10.5. The highest BCUT2D eigenvalue weighted by atomic mass is 35.5. The lowest BCUT2D eigenvalue weighted by molar-refractivity contribution is 1.36. The molecule has 0 aliphatic heterocycles. The van der Waals surface area contributed by atoms with Crippen molar-refractivity contribution in [3.63, 3.8) is 0 Å². The summed E-state index contributed by atoms with van der Waals surface area (Å²) in [6, 6.07) is 5.01. The van der Waals surface area contributed by atoms with Gasteiger partial charge in [-0.05, 0) is 11.2 Å². The quantitative estimate of drug-likeness (QED) is 0.546. The van der Waals surface area contributed by atoms with Gasteiger partial charge >= 0.3 is 0 Å². The summed E-state index contributed by atoms with van der Waals surface area (Å²) >= 11 is 11.7. The van der Waals surface area contributed by atoms with Gasteiger partial charge in [0.25, 0.3) is 0 Å². The fraction of sp³-hybridized carbons (Fsp3) is 0. The van der Waals surface area contributed by atoms with Crippen LogP contribution in [0.15, 0.2) is 29.6 Å². The topological polar surface area (TPSA) is 42.3 Å². The average molecular weight is 227 g/mol. The van der Waals surface area contributed by atoms with Crippen molar-refractivity contribution in [1.82, 2.24) is 4.98 Å². The van der Waals surface area contributed by atoms with Crippen LogP contribution in [0.2, 0.25) is 10.2 Å². The number of nitrogens with zero attached hydrogens (tertiary/aromatic N) is 2. The van der Waals surface area contributed by atoms with Crippen LogP contribution in [-0.4, -0.2) is 4.98 Å². The van der Waals surface area contributed by atoms with Crippen molar-refractivity contribution in [3.8, 4) is 0 Å². The fourth-order valence-corrected chi connectivity index (χ4v) is 1.74. The van der Waals surface area contributed by atoms with Crippen LogP contribution in [0.3, 0.4) is 0 Å². The third-order valence-electron chi connectivity index (χ3n) is 1.89. The fourth-order valence-electron chi connectivity index (χ4n) is 1.29. The van der Waals surface area contributed by atoms with Crippen LogP contribution >= 0.6 is 23.2 Å². The Morgan fingerprint density at radius 1 is 1.29 bits per heavy atom. The first kappa shape index (κ1) is 9.37. The van der Waals surface area contributed by atoms with Crippen molar-refractivity contribution in [2.45, 2.75) is 0 Å². The zero-order valence-electron chi connectivity index (χ0n) is 6.87. The van der Waals surface area contributed by atoms with E-state index in [1.54, 1.807) is 18.2 Å². The van der Waals surface area contributed by atoms with Crippen LogP contribution in [0.5, 0.6) is 0 Å². The standard InChI is InChI=1S/C9H4Cl2N2O/c10-6-4-12-9(11)5-2-1-3-7(13-14)8(5)6/h1-4H. The molecule has 0 aliphatic carbocycles. The molecule has 14 heavy (non-hydrogen) atoms. The van der Waals surface area contributed by atoms with Crippen molar-refractivity contribution in [2.24, 2.45) is 5.18 Å². The molecule has 70 valence electrons. The van der Waals surface area contributed by atoms with E-state index < -0.39 is 0 Å². The lowest BCUT2D eigenvalue weighted by Gasteiger charge is -2.02. The van der Waals surface area contributed by atoms with E-state index in [1.807, 2.05) is 0 Å². The maximum Gasteiger partial charge on any atom is 0.137 e. The Bertz CT molecular complexity index is 513. The highest BCUT2D eigenvalue weighted by Crippen LogP contribution is 2.34. The minimum Gasteiger partial charge on any atom is -0.242 e. The Labute approximate surface area is 89.6 Å². The third-order valence-corrected chi connectivity index (χ3v) is 2.48. The first-order valence-corrected chi connectivity index (χ1v) is 4.55. The van der Waals surface area contributed by atoms with E-state index in [9.17, 15) is 4.91 Å². The molecule has 0 aliphatic rings. The molecule has 3 nitrogen and oxygen atoms in total. The van der Waals surface area contributed by atoms with E-state index in [-0.39, 0.29) is 5.69 Å². The van der Waals surface area contributed by atoms with Crippen LogP contribution in [0.4, 0.5) is 5.69 Å². The van der Waals surface area contributed by atoms with Gasteiger partial charge in [0, 0.05) is 17.0 Å². The molecule has 0 radical (unpaired) electrons. The van der Waals surface area contributed by atoms with Crippen molar-refractivity contribution in [3.05, 3.63) is 39.5 Å². The molecule has 2 rings (SSSR count). The van der Waals surface area contributed by atoms with Crippen molar-refractivity contribution in [2.75, 3.05) is 0 Å². The number of hydrogen-bond donors (Lipinski definition) is 0. The number of pyridine rings is 1. The summed E-state index contributed by atoms with van der Waals surface area (Å²) in [5.74, 6) is 0. The lowest BCUT2D eigenvalue weighted by Crippen LogP contribution is -1.81. The van der Waals surface area contributed by atoms with E-state index >= 15 is 0 Å². The van der Waals surface area contributed by atoms with Crippen molar-refractivity contribution in [1.29, 1.82) is 0 Å². The Kier molecular flexibility index (Phi) is 2.35. The van der Waals surface area contributed by atoms with E-state index in [0.717, 1.165) is 0 Å². The first-order valence-electron chi connectivity index (χ1n) is 3.80. The Balaban J connectivity index is 2.99. The predicted molar refractivity (Wildman–Crippen MR) is 57.2 cm³/mol. The molecular weight excluding hydrogens is 223 g/mol. The van der Waals surface area contributed by atoms with Gasteiger partial charge in [-0.3, -0.25) is 0 Å². The van der Waals surface area contributed by atoms with Gasteiger partial charge < -0.3 is 0 Å². The van der Waals surface area contributed by atoms with Crippen LogP contribution in [0.1, 0.15) is 0 Å². The monoisotopic (exact) mass is 226 g/mol. The summed E-state index contributed by atoms with van der Waals surface area (Å²) < 4.78 is 0. The summed E-state index contributed by atoms with van der Waals surface area (Å²) in [7, 11) is 0. The molecule has 0 N–H and O–H groups in total. The van der Waals surface area contributed by atoms with Gasteiger partial charge in [-0.25, -0.2) is 4.98 Å². The van der Waals surface area contributed by atoms with Gasteiger partial charge in [-0.15, -0.1) is 4.91 Å². The largest absolute Gasteiger partial charge is 0.242 e. The lowest BCUT2D eigenvalue weighted by atomic mass is 10.1. The molecule has 1 heterocycles. The molecule has 5 heteroatoms. The van der Waals surface area contributed by atoms with E-state index in [1.165, 1.54) is 6.20 Å². The molecule has 0 bridgehead atoms. The summed E-state index contributed by atoms with van der Waals surface area (Å²) in [6.07, 6.45) is 1.40. The smallest absolute Gasteiger partial charge is 0.137 e. The van der Waals surface area contributed by atoms with Gasteiger partial charge in [0.15, 0.2) is 0 Å². The molecule has 0 amide bonds. The van der Waals surface area contributed by atoms with Gasteiger partial charge in [0.2, 0.25) is 0 Å². The predicted octanol–water partition coefficient (Wildman–Crippen LogP) is 3.94. The normalized spacial score (nSPS) is 10.4. The van der Waals surface area contributed by atoms with Crippen LogP contribution < -0.4 is 0 Å². The minimum absolute atomic E-state index is 0.275. The van der Waals surface area contributed by atoms with Crippen molar-refractivity contribution >= 4 is 39.7 Å². The Morgan fingerprint density at radius 2 is 2.07 bits per heavy atom. The van der Waals surface area contributed by atoms with Gasteiger partial charge in [0.05, 0.1) is 5.02 Å². The van der Waals surface area contributed by atoms with Crippen LogP contribution in [-0.2, 0) is 0 Å². The SMILES string of the molecule is O=Nc1cccc2c(Cl)ncc(Cl)c12. The highest BCUT2D eigenvalue weighted by molar-refractivity contribution is 6.40. The average Bonchev–Trinajstić information content (AvgIpc) is 2.23. The maximum absolute atomic E-state index is 10.5. The molecule has 0 unspecified atom stereocenters. The van der Waals surface area contributed by atoms with E-state index in [2.05, 4.69) is 10.2 Å². The molecule has 0 saturated heterocycles. The second kappa shape index (κ2) is 3.52. The first-order chi connectivity index (χ1) is 6.74. The molecule has 0 spiro atoms. The number of fused-ring (bicyclic) bond motifs is 1. The molecule has 2 aromatic rings. The molecule has 0 atom stereocenters. The highest BCUT2D eigenvalue weighted by Gasteiger charge is 2.08. The summed E-state index contributed by atoms with van der Waals surface area (Å²) in [5, 5.41) is 4.75. The Morgan fingerprint density at radius 3 is 2.79 bits per heavy atom. The number of benzene rings is 1. The molecule has 0 saturated carbocycles. The number of hydrogen-bond acceptors (Lipinski definition) is 3. The summed E-state index contributed by atoms with van der Waals surface area (Å²) in [6.45, 7) is 0. The number of halogens is 2. The van der Waals surface area contributed by atoms with Crippen LogP contribution in [0, 0.1) is 4.91 Å². The molecular formula is C9H4Cl2N2O. The third kappa shape index (κ3) is 1.35. The summed E-state index contributed by atoms with van der Waals surface area (Å²) in [4.78, 5) is 14.4. The van der Waals surface area contributed by atoms with Gasteiger partial charge in [-0.2, -0.15) is 0 Å². The van der Waals surface area contributed by atoms with E-state index in [4.69, 9.17) is 23.2 Å². The molecule has 0 fully saturated rings. The number of aromatic nitrogens is 1. The number of rotatable bonds is 1. The van der Waals surface area contributed by atoms with Gasteiger partial charge in [0.1, 0.15) is 10.8 Å². The number of nitroso groups, excluding NO2 is 1. The molecule has 1 aromatic heterocycles. The second-order valence-corrected chi connectivity index (χ2v) is 3.45. The zero-order valence-corrected chi connectivity index (χ0v) is 8.38. The van der Waals surface area contributed by atoms with Crippen LogP contribution in [0.25, 0.3) is 10.8 Å². The second-order valence-electron chi connectivity index (χ2n) is 2.69. The van der Waals surface area contributed by atoms with E-state index in [0.29, 0.717) is 20.9 Å². The van der Waals surface area contributed by atoms with Gasteiger partial charge in [-0.1, -0.05) is 35.3 Å². The minimum atomic E-state index is 0.275. The zero-order chi connectivity index (χ0) is 10.1. The molecule has 1 aromatic carbocycles. The summed E-state index contributed by atoms with van der Waals surface area (Å²) in [5.41, 5.74) is 0.275. The Hall–Kier alpha value is -1.19.